The van der Waals surface area contributed by atoms with E-state index in [9.17, 15) is 9.59 Å². The molecule has 9 nitrogen and oxygen atoms in total. The van der Waals surface area contributed by atoms with Gasteiger partial charge in [0.1, 0.15) is 23.7 Å². The van der Waals surface area contributed by atoms with Crippen LogP contribution in [0.2, 0.25) is 0 Å². The van der Waals surface area contributed by atoms with Gasteiger partial charge in [-0.25, -0.2) is 14.8 Å². The third kappa shape index (κ3) is 5.57. The van der Waals surface area contributed by atoms with Crippen molar-refractivity contribution in [3.63, 3.8) is 0 Å². The molecule has 0 bridgehead atoms. The van der Waals surface area contributed by atoms with Crippen LogP contribution in [0.5, 0.6) is 5.75 Å². The molecule has 9 heteroatoms. The molecule has 180 valence electrons. The fraction of sp³-hybridized carbons (Fsp3) is 0.231. The maximum Gasteiger partial charge on any atom is 0.394 e. The Hall–Kier alpha value is -4.40. The maximum absolute atomic E-state index is 11.1. The molecule has 0 aliphatic heterocycles. The molecule has 0 aliphatic carbocycles. The minimum atomic E-state index is -1.47. The summed E-state index contributed by atoms with van der Waals surface area (Å²) in [7, 11) is 1.63. The third-order valence-electron chi connectivity index (χ3n) is 5.53. The van der Waals surface area contributed by atoms with Gasteiger partial charge in [-0.2, -0.15) is 0 Å². The lowest BCUT2D eigenvalue weighted by Crippen LogP contribution is -2.31. The fourth-order valence-corrected chi connectivity index (χ4v) is 3.80. The van der Waals surface area contributed by atoms with E-state index in [2.05, 4.69) is 20.6 Å². The molecule has 2 aromatic heterocycles. The van der Waals surface area contributed by atoms with Crippen LogP contribution >= 0.6 is 0 Å². The molecular formula is C26H26N4O5. The molecule has 2 heterocycles. The van der Waals surface area contributed by atoms with E-state index in [0.29, 0.717) is 36.8 Å². The van der Waals surface area contributed by atoms with Gasteiger partial charge in [-0.15, -0.1) is 0 Å². The standard InChI is InChI=1S/C26H26N4O5/c1-34-19-12-10-17(11-13-19)20-21-23(27-14-6-3-7-15-28-24(31)26(32)33)29-16-30-25(21)35-22(20)18-8-4-2-5-9-18/h2,4-5,8-13,16H,3,6-7,14-15H2,1H3,(H,28,31)(H,32,33)(H,27,29,30). The van der Waals surface area contributed by atoms with Crippen molar-refractivity contribution in [1.82, 2.24) is 15.3 Å². The number of benzene rings is 2. The summed E-state index contributed by atoms with van der Waals surface area (Å²) < 4.78 is 11.5. The molecule has 0 aliphatic rings. The molecule has 0 radical (unpaired) electrons. The number of carboxylic acids is 1. The highest BCUT2D eigenvalue weighted by molar-refractivity contribution is 6.31. The number of rotatable bonds is 10. The molecule has 0 atom stereocenters. The van der Waals surface area contributed by atoms with Gasteiger partial charge in [-0.05, 0) is 37.0 Å². The Labute approximate surface area is 202 Å². The second-order valence-electron chi connectivity index (χ2n) is 7.85. The molecule has 0 spiro atoms. The lowest BCUT2D eigenvalue weighted by molar-refractivity contribution is -0.150. The van der Waals surface area contributed by atoms with E-state index >= 15 is 0 Å². The average Bonchev–Trinajstić information content (AvgIpc) is 3.29. The zero-order chi connectivity index (χ0) is 24.6. The summed E-state index contributed by atoms with van der Waals surface area (Å²) in [5, 5.41) is 15.1. The van der Waals surface area contributed by atoms with E-state index in [1.54, 1.807) is 7.11 Å². The first-order valence-corrected chi connectivity index (χ1v) is 11.3. The number of hydrogen-bond donors (Lipinski definition) is 3. The smallest absolute Gasteiger partial charge is 0.394 e. The quantitative estimate of drug-likeness (QED) is 0.229. The van der Waals surface area contributed by atoms with Gasteiger partial charge in [-0.1, -0.05) is 42.5 Å². The van der Waals surface area contributed by atoms with Gasteiger partial charge in [0, 0.05) is 24.2 Å². The van der Waals surface area contributed by atoms with E-state index in [-0.39, 0.29) is 0 Å². The summed E-state index contributed by atoms with van der Waals surface area (Å²) in [6.45, 7) is 0.972. The number of furan rings is 1. The van der Waals surface area contributed by atoms with Gasteiger partial charge in [0.15, 0.2) is 0 Å². The molecule has 3 N–H and O–H groups in total. The number of fused-ring (bicyclic) bond motifs is 1. The number of anilines is 1. The van der Waals surface area contributed by atoms with Gasteiger partial charge in [0.05, 0.1) is 12.5 Å². The Morgan fingerprint density at radius 1 is 0.943 bits per heavy atom. The number of amides is 1. The highest BCUT2D eigenvalue weighted by atomic mass is 16.5. The van der Waals surface area contributed by atoms with Crippen LogP contribution in [0.1, 0.15) is 19.3 Å². The minimum absolute atomic E-state index is 0.326. The van der Waals surface area contributed by atoms with Crippen molar-refractivity contribution in [1.29, 1.82) is 0 Å². The first kappa shape index (κ1) is 23.7. The van der Waals surface area contributed by atoms with E-state index in [1.807, 2.05) is 54.6 Å². The van der Waals surface area contributed by atoms with Crippen molar-refractivity contribution < 1.29 is 23.8 Å². The number of nitrogens with zero attached hydrogens (tertiary/aromatic N) is 2. The Balaban J connectivity index is 1.56. The average molecular weight is 475 g/mol. The van der Waals surface area contributed by atoms with E-state index in [1.165, 1.54) is 6.33 Å². The molecule has 35 heavy (non-hydrogen) atoms. The van der Waals surface area contributed by atoms with Crippen molar-refractivity contribution in [2.75, 3.05) is 25.5 Å². The van der Waals surface area contributed by atoms with Crippen molar-refractivity contribution in [2.24, 2.45) is 0 Å². The molecule has 0 saturated carbocycles. The molecule has 4 rings (SSSR count). The van der Waals surface area contributed by atoms with Crippen LogP contribution < -0.4 is 15.4 Å². The van der Waals surface area contributed by atoms with Gasteiger partial charge in [-0.3, -0.25) is 4.79 Å². The first-order valence-electron chi connectivity index (χ1n) is 11.3. The van der Waals surface area contributed by atoms with Gasteiger partial charge in [0.2, 0.25) is 5.71 Å². The van der Waals surface area contributed by atoms with Crippen LogP contribution in [0.15, 0.2) is 65.3 Å². The molecule has 0 unspecified atom stereocenters. The number of carboxylic acid groups (broad SMARTS) is 1. The van der Waals surface area contributed by atoms with Gasteiger partial charge in [0.25, 0.3) is 0 Å². The monoisotopic (exact) mass is 474 g/mol. The van der Waals surface area contributed by atoms with Gasteiger partial charge < -0.3 is 24.9 Å². The Morgan fingerprint density at radius 2 is 1.69 bits per heavy atom. The second-order valence-corrected chi connectivity index (χ2v) is 7.85. The summed E-state index contributed by atoms with van der Waals surface area (Å²) in [4.78, 5) is 30.5. The highest BCUT2D eigenvalue weighted by Crippen LogP contribution is 2.42. The molecule has 0 fully saturated rings. The number of aromatic nitrogens is 2. The largest absolute Gasteiger partial charge is 0.497 e. The Morgan fingerprint density at radius 3 is 2.40 bits per heavy atom. The number of methoxy groups -OCH3 is 1. The highest BCUT2D eigenvalue weighted by Gasteiger charge is 2.22. The summed E-state index contributed by atoms with van der Waals surface area (Å²) in [6, 6.07) is 17.7. The maximum atomic E-state index is 11.1. The zero-order valence-electron chi connectivity index (χ0n) is 19.3. The summed E-state index contributed by atoms with van der Waals surface area (Å²) in [5.74, 6) is -0.305. The van der Waals surface area contributed by atoms with Crippen molar-refractivity contribution in [2.45, 2.75) is 19.3 Å². The first-order chi connectivity index (χ1) is 17.1. The van der Waals surface area contributed by atoms with Crippen LogP contribution in [0.25, 0.3) is 33.6 Å². The van der Waals surface area contributed by atoms with Crippen LogP contribution in [0, 0.1) is 0 Å². The number of carbonyl (C=O) groups excluding carboxylic acids is 1. The van der Waals surface area contributed by atoms with E-state index in [4.69, 9.17) is 14.3 Å². The lowest BCUT2D eigenvalue weighted by Gasteiger charge is -2.09. The predicted octanol–water partition coefficient (Wildman–Crippen LogP) is 4.35. The number of aliphatic carboxylic acids is 1. The molecule has 1 amide bonds. The molecule has 0 saturated heterocycles. The van der Waals surface area contributed by atoms with Gasteiger partial charge >= 0.3 is 11.9 Å². The van der Waals surface area contributed by atoms with Crippen molar-refractivity contribution >= 4 is 28.8 Å². The third-order valence-corrected chi connectivity index (χ3v) is 5.53. The van der Waals surface area contributed by atoms with Crippen LogP contribution in [0.3, 0.4) is 0 Å². The Kier molecular flexibility index (Phi) is 7.57. The summed E-state index contributed by atoms with van der Waals surface area (Å²) >= 11 is 0. The molecular weight excluding hydrogens is 448 g/mol. The number of carbonyl (C=O) groups is 2. The minimum Gasteiger partial charge on any atom is -0.497 e. The predicted molar refractivity (Wildman–Crippen MR) is 132 cm³/mol. The number of nitrogens with one attached hydrogen (secondary N) is 2. The van der Waals surface area contributed by atoms with Crippen LogP contribution in [-0.4, -0.2) is 47.2 Å². The van der Waals surface area contributed by atoms with Crippen molar-refractivity contribution in [3.8, 4) is 28.2 Å². The van der Waals surface area contributed by atoms with Crippen LogP contribution in [0.4, 0.5) is 5.82 Å². The van der Waals surface area contributed by atoms with Crippen molar-refractivity contribution in [3.05, 3.63) is 60.9 Å². The Bertz CT molecular complexity index is 1300. The number of hydrogen-bond acceptors (Lipinski definition) is 7. The summed E-state index contributed by atoms with van der Waals surface area (Å²) in [5.41, 5.74) is 3.28. The SMILES string of the molecule is COc1ccc(-c2c(-c3ccccc3)oc3ncnc(NCCCCCNC(=O)C(=O)O)c23)cc1. The van der Waals surface area contributed by atoms with E-state index in [0.717, 1.165) is 40.7 Å². The fourth-order valence-electron chi connectivity index (χ4n) is 3.80. The number of unbranched alkanes of at least 4 members (excludes halogenated alkanes) is 2. The van der Waals surface area contributed by atoms with E-state index < -0.39 is 11.9 Å². The zero-order valence-corrected chi connectivity index (χ0v) is 19.3. The second kappa shape index (κ2) is 11.1. The topological polar surface area (TPSA) is 127 Å². The molecule has 2 aromatic carbocycles. The number of ether oxygens (including phenoxy) is 1. The lowest BCUT2D eigenvalue weighted by atomic mass is 9.99. The van der Waals surface area contributed by atoms with Crippen LogP contribution in [-0.2, 0) is 9.59 Å². The summed E-state index contributed by atoms with van der Waals surface area (Å²) in [6.07, 6.45) is 3.78. The molecule has 4 aromatic rings. The normalized spacial score (nSPS) is 10.8.